The molecule has 0 bridgehead atoms. The molecule has 0 spiro atoms. The van der Waals surface area contributed by atoms with Crippen molar-refractivity contribution in [2.24, 2.45) is 0 Å². The van der Waals surface area contributed by atoms with Gasteiger partial charge in [-0.25, -0.2) is 8.42 Å². The highest BCUT2D eigenvalue weighted by atomic mass is 79.9. The van der Waals surface area contributed by atoms with Crippen LogP contribution >= 0.6 is 27.5 Å². The molecular formula is C34H35BrClN3O4S. The number of carbonyl (C=O) groups is 2. The van der Waals surface area contributed by atoms with Gasteiger partial charge in [-0.15, -0.1) is 0 Å². The Bertz CT molecular complexity index is 1700. The fourth-order valence-corrected chi connectivity index (χ4v) is 6.85. The predicted molar refractivity (Wildman–Crippen MR) is 179 cm³/mol. The molecule has 1 atom stereocenters. The van der Waals surface area contributed by atoms with Gasteiger partial charge in [0.1, 0.15) is 12.6 Å². The summed E-state index contributed by atoms with van der Waals surface area (Å²) in [5.41, 5.74) is 3.48. The Morgan fingerprint density at radius 1 is 0.886 bits per heavy atom. The van der Waals surface area contributed by atoms with Gasteiger partial charge in [-0.1, -0.05) is 87.7 Å². The predicted octanol–water partition coefficient (Wildman–Crippen LogP) is 6.69. The number of halogens is 2. The lowest BCUT2D eigenvalue weighted by Gasteiger charge is -2.34. The van der Waals surface area contributed by atoms with Crippen molar-refractivity contribution in [2.75, 3.05) is 17.4 Å². The topological polar surface area (TPSA) is 86.8 Å². The van der Waals surface area contributed by atoms with Crippen LogP contribution in [-0.2, 0) is 32.6 Å². The maximum atomic E-state index is 14.5. The molecule has 0 saturated heterocycles. The summed E-state index contributed by atoms with van der Waals surface area (Å²) in [6, 6.07) is 27.3. The lowest BCUT2D eigenvalue weighted by atomic mass is 10.0. The molecule has 230 valence electrons. The Labute approximate surface area is 273 Å². The molecule has 7 nitrogen and oxygen atoms in total. The average molecular weight is 697 g/mol. The zero-order chi connectivity index (χ0) is 31.9. The number of aryl methyl sites for hydroxylation is 2. The van der Waals surface area contributed by atoms with E-state index < -0.39 is 28.5 Å². The van der Waals surface area contributed by atoms with Gasteiger partial charge >= 0.3 is 0 Å². The third-order valence-electron chi connectivity index (χ3n) is 7.20. The van der Waals surface area contributed by atoms with E-state index in [1.165, 1.54) is 17.0 Å². The molecule has 0 radical (unpaired) electrons. The van der Waals surface area contributed by atoms with E-state index in [1.807, 2.05) is 68.4 Å². The van der Waals surface area contributed by atoms with Crippen molar-refractivity contribution >= 4 is 55.1 Å². The van der Waals surface area contributed by atoms with E-state index in [4.69, 9.17) is 11.6 Å². The first-order chi connectivity index (χ1) is 21.0. The highest BCUT2D eigenvalue weighted by Crippen LogP contribution is 2.30. The molecule has 0 heterocycles. The molecular weight excluding hydrogens is 662 g/mol. The molecule has 2 amide bonds. The summed E-state index contributed by atoms with van der Waals surface area (Å²) in [5, 5.41) is 3.32. The summed E-state index contributed by atoms with van der Waals surface area (Å²) >= 11 is 9.67. The molecule has 4 aromatic rings. The highest BCUT2D eigenvalue weighted by molar-refractivity contribution is 9.10. The minimum atomic E-state index is -4.19. The SMILES string of the molecule is CCNC(=O)C(Cc1ccccc1)N(Cc1ccc(Br)cc1)C(=O)CN(c1ccc(Cl)cc1C)S(=O)(=O)c1ccc(C)cc1. The monoisotopic (exact) mass is 695 g/mol. The standard InChI is InChI=1S/C34H35BrClN3O4S/c1-4-37-34(41)32(21-26-8-6-5-7-9-26)38(22-27-12-14-28(35)15-13-27)33(40)23-39(31-19-16-29(36)20-25(31)3)44(42,43)30-17-10-24(2)11-18-30/h5-20,32H,4,21-23H2,1-3H3,(H,37,41). The number of nitrogens with zero attached hydrogens (tertiary/aromatic N) is 2. The first-order valence-electron chi connectivity index (χ1n) is 14.2. The third kappa shape index (κ3) is 8.28. The summed E-state index contributed by atoms with van der Waals surface area (Å²) in [7, 11) is -4.19. The maximum Gasteiger partial charge on any atom is 0.264 e. The van der Waals surface area contributed by atoms with Crippen molar-refractivity contribution < 1.29 is 18.0 Å². The summed E-state index contributed by atoms with van der Waals surface area (Å²) < 4.78 is 30.3. The first kappa shape index (κ1) is 33.2. The maximum absolute atomic E-state index is 14.5. The van der Waals surface area contributed by atoms with E-state index in [9.17, 15) is 18.0 Å². The Morgan fingerprint density at radius 2 is 1.55 bits per heavy atom. The highest BCUT2D eigenvalue weighted by Gasteiger charge is 2.35. The van der Waals surface area contributed by atoms with Crippen molar-refractivity contribution in [3.8, 4) is 0 Å². The van der Waals surface area contributed by atoms with Gasteiger partial charge in [-0.3, -0.25) is 13.9 Å². The molecule has 0 aliphatic carbocycles. The van der Waals surface area contributed by atoms with Crippen LogP contribution in [0.4, 0.5) is 5.69 Å². The Hall–Kier alpha value is -3.66. The van der Waals surface area contributed by atoms with Crippen molar-refractivity contribution in [1.82, 2.24) is 10.2 Å². The fraction of sp³-hybridized carbons (Fsp3) is 0.235. The normalized spacial score (nSPS) is 11.9. The summed E-state index contributed by atoms with van der Waals surface area (Å²) in [6.07, 6.45) is 0.250. The van der Waals surface area contributed by atoms with Crippen LogP contribution in [0.3, 0.4) is 0 Å². The zero-order valence-electron chi connectivity index (χ0n) is 24.8. The van der Waals surface area contributed by atoms with Crippen LogP contribution in [0.1, 0.15) is 29.2 Å². The number of hydrogen-bond donors (Lipinski definition) is 1. The van der Waals surface area contributed by atoms with E-state index >= 15 is 0 Å². The molecule has 44 heavy (non-hydrogen) atoms. The number of carbonyl (C=O) groups excluding carboxylic acids is 2. The van der Waals surface area contributed by atoms with E-state index in [1.54, 1.807) is 37.3 Å². The van der Waals surface area contributed by atoms with E-state index in [2.05, 4.69) is 21.2 Å². The van der Waals surface area contributed by atoms with Crippen LogP contribution in [0, 0.1) is 13.8 Å². The van der Waals surface area contributed by atoms with Gasteiger partial charge in [-0.05, 0) is 79.9 Å². The van der Waals surface area contributed by atoms with Gasteiger partial charge in [0.15, 0.2) is 0 Å². The number of anilines is 1. The lowest BCUT2D eigenvalue weighted by Crippen LogP contribution is -2.53. The van der Waals surface area contributed by atoms with Crippen molar-refractivity contribution in [1.29, 1.82) is 0 Å². The van der Waals surface area contributed by atoms with Crippen molar-refractivity contribution in [3.05, 3.63) is 129 Å². The molecule has 1 N–H and O–H groups in total. The molecule has 0 aliphatic rings. The first-order valence-corrected chi connectivity index (χ1v) is 16.8. The number of nitrogens with one attached hydrogen (secondary N) is 1. The van der Waals surface area contributed by atoms with Crippen molar-refractivity contribution in [3.63, 3.8) is 0 Å². The molecule has 0 saturated carbocycles. The summed E-state index contributed by atoms with van der Waals surface area (Å²) in [5.74, 6) is -0.845. The summed E-state index contributed by atoms with van der Waals surface area (Å²) in [6.45, 7) is 5.38. The van der Waals surface area contributed by atoms with Crippen LogP contribution in [0.25, 0.3) is 0 Å². The average Bonchev–Trinajstić information content (AvgIpc) is 2.99. The Balaban J connectivity index is 1.81. The van der Waals surface area contributed by atoms with Crippen LogP contribution in [0.15, 0.2) is 106 Å². The second-order valence-corrected chi connectivity index (χ2v) is 13.7. The van der Waals surface area contributed by atoms with Crippen LogP contribution in [-0.4, -0.2) is 44.3 Å². The molecule has 0 fully saturated rings. The van der Waals surface area contributed by atoms with Gasteiger partial charge in [-0.2, -0.15) is 0 Å². The number of sulfonamides is 1. The molecule has 4 rings (SSSR count). The van der Waals surface area contributed by atoms with E-state index in [0.29, 0.717) is 22.8 Å². The smallest absolute Gasteiger partial charge is 0.264 e. The Morgan fingerprint density at radius 3 is 2.16 bits per heavy atom. The molecule has 0 aliphatic heterocycles. The van der Waals surface area contributed by atoms with E-state index in [-0.39, 0.29) is 23.8 Å². The van der Waals surface area contributed by atoms with E-state index in [0.717, 1.165) is 25.5 Å². The third-order valence-corrected chi connectivity index (χ3v) is 9.74. The minimum Gasteiger partial charge on any atom is -0.355 e. The zero-order valence-corrected chi connectivity index (χ0v) is 28.0. The Kier molecular flexibility index (Phi) is 11.2. The van der Waals surface area contributed by atoms with Gasteiger partial charge in [0.05, 0.1) is 10.6 Å². The second-order valence-electron chi connectivity index (χ2n) is 10.5. The van der Waals surface area contributed by atoms with Gasteiger partial charge < -0.3 is 10.2 Å². The van der Waals surface area contributed by atoms with Crippen LogP contribution < -0.4 is 9.62 Å². The molecule has 0 aromatic heterocycles. The lowest BCUT2D eigenvalue weighted by molar-refractivity contribution is -0.140. The molecule has 4 aromatic carbocycles. The van der Waals surface area contributed by atoms with Crippen LogP contribution in [0.2, 0.25) is 5.02 Å². The number of rotatable bonds is 12. The second kappa shape index (κ2) is 14.9. The number of amides is 2. The molecule has 10 heteroatoms. The number of likely N-dealkylation sites (N-methyl/N-ethyl adjacent to an activating group) is 1. The summed E-state index contributed by atoms with van der Waals surface area (Å²) in [4.78, 5) is 29.6. The van der Waals surface area contributed by atoms with Crippen LogP contribution in [0.5, 0.6) is 0 Å². The van der Waals surface area contributed by atoms with Gasteiger partial charge in [0.25, 0.3) is 10.0 Å². The molecule has 1 unspecified atom stereocenters. The van der Waals surface area contributed by atoms with Gasteiger partial charge in [0.2, 0.25) is 11.8 Å². The largest absolute Gasteiger partial charge is 0.355 e. The fourth-order valence-electron chi connectivity index (χ4n) is 4.88. The quantitative estimate of drug-likeness (QED) is 0.179. The van der Waals surface area contributed by atoms with Gasteiger partial charge in [0, 0.05) is 29.0 Å². The minimum absolute atomic E-state index is 0.0503. The van der Waals surface area contributed by atoms with Crippen molar-refractivity contribution in [2.45, 2.75) is 44.7 Å². The number of hydrogen-bond acceptors (Lipinski definition) is 4. The number of benzene rings is 4.